The average Bonchev–Trinajstić information content (AvgIpc) is 2.15. The molecule has 0 aliphatic heterocycles. The minimum Gasteiger partial charge on any atom is -0.508 e. The second kappa shape index (κ2) is 4.02. The number of hydrogen-bond donors (Lipinski definition) is 1. The van der Waals surface area contributed by atoms with Crippen LogP contribution in [-0.4, -0.2) is 18.2 Å². The number of hydrogen-bond acceptors (Lipinski definition) is 2. The molecule has 1 rings (SSSR count). The molecule has 1 N–H and O–H groups in total. The summed E-state index contributed by atoms with van der Waals surface area (Å²) in [5, 5.41) is 10.5. The smallest absolute Gasteiger partial charge is 0.117 e. The van der Waals surface area contributed by atoms with Crippen LogP contribution >= 0.6 is 0 Å². The summed E-state index contributed by atoms with van der Waals surface area (Å²) in [5.74, 6) is -0.0248. The molecule has 0 spiro atoms. The number of aliphatic hydroxyl groups excluding tert-OH is 1. The van der Waals surface area contributed by atoms with Crippen molar-refractivity contribution in [1.29, 1.82) is 0 Å². The summed E-state index contributed by atoms with van der Waals surface area (Å²) in [4.78, 5) is 4.28. The first-order valence-corrected chi connectivity index (χ1v) is 8.36. The van der Waals surface area contributed by atoms with Gasteiger partial charge < -0.3 is 5.11 Å². The molecule has 0 radical (unpaired) electrons. The standard InChI is InChI=1S/C12H17NOSi/c1-9(10(2)14)12-7-6-11(8-13-12)15(3,4)5/h6-8,14H,1-2H2,3-5H3. The van der Waals surface area contributed by atoms with Crippen molar-refractivity contribution in [2.45, 2.75) is 19.6 Å². The Kier molecular flexibility index (Phi) is 3.14. The summed E-state index contributed by atoms with van der Waals surface area (Å²) in [6.45, 7) is 13.9. The van der Waals surface area contributed by atoms with Gasteiger partial charge in [-0.2, -0.15) is 0 Å². The molecule has 1 heterocycles. The van der Waals surface area contributed by atoms with E-state index in [0.29, 0.717) is 11.3 Å². The van der Waals surface area contributed by atoms with E-state index in [2.05, 4.69) is 43.8 Å². The number of aromatic nitrogens is 1. The van der Waals surface area contributed by atoms with Gasteiger partial charge in [-0.25, -0.2) is 0 Å². The van der Waals surface area contributed by atoms with Crippen molar-refractivity contribution < 1.29 is 5.11 Å². The minimum absolute atomic E-state index is 0.0248. The molecule has 0 saturated carbocycles. The third kappa shape index (κ3) is 2.80. The first kappa shape index (κ1) is 11.7. The summed E-state index contributed by atoms with van der Waals surface area (Å²) in [7, 11) is -1.30. The van der Waals surface area contributed by atoms with Gasteiger partial charge >= 0.3 is 0 Å². The van der Waals surface area contributed by atoms with Crippen molar-refractivity contribution in [2.24, 2.45) is 0 Å². The molecule has 0 bridgehead atoms. The lowest BCUT2D eigenvalue weighted by atomic mass is 10.2. The molecular weight excluding hydrogens is 202 g/mol. The van der Waals surface area contributed by atoms with Gasteiger partial charge in [-0.1, -0.05) is 38.9 Å². The summed E-state index contributed by atoms with van der Waals surface area (Å²) in [5.41, 5.74) is 1.17. The number of rotatable bonds is 3. The highest BCUT2D eigenvalue weighted by Gasteiger charge is 2.16. The van der Waals surface area contributed by atoms with Crippen molar-refractivity contribution in [3.63, 3.8) is 0 Å². The largest absolute Gasteiger partial charge is 0.508 e. The summed E-state index contributed by atoms with van der Waals surface area (Å²) < 4.78 is 0. The van der Waals surface area contributed by atoms with Gasteiger partial charge in [-0.3, -0.25) is 4.98 Å². The molecule has 2 nitrogen and oxygen atoms in total. The van der Waals surface area contributed by atoms with Crippen LogP contribution in [0, 0.1) is 0 Å². The number of nitrogens with zero attached hydrogens (tertiary/aromatic N) is 1. The first-order chi connectivity index (χ1) is 6.82. The average molecular weight is 219 g/mol. The normalized spacial score (nSPS) is 11.1. The van der Waals surface area contributed by atoms with E-state index in [1.807, 2.05) is 12.3 Å². The maximum absolute atomic E-state index is 9.18. The van der Waals surface area contributed by atoms with E-state index in [1.165, 1.54) is 5.19 Å². The van der Waals surface area contributed by atoms with Crippen LogP contribution in [0.4, 0.5) is 0 Å². The van der Waals surface area contributed by atoms with E-state index in [4.69, 9.17) is 0 Å². The molecule has 15 heavy (non-hydrogen) atoms. The molecule has 1 aromatic heterocycles. The van der Waals surface area contributed by atoms with Crippen LogP contribution in [0.25, 0.3) is 5.57 Å². The molecule has 0 aliphatic carbocycles. The van der Waals surface area contributed by atoms with Crippen molar-refractivity contribution in [3.8, 4) is 0 Å². The Balaban J connectivity index is 3.01. The van der Waals surface area contributed by atoms with E-state index in [0.717, 1.165) is 0 Å². The molecule has 0 aromatic carbocycles. The third-order valence-corrected chi connectivity index (χ3v) is 4.31. The maximum Gasteiger partial charge on any atom is 0.117 e. The zero-order valence-electron chi connectivity index (χ0n) is 9.54. The predicted molar refractivity (Wildman–Crippen MR) is 68.0 cm³/mol. The predicted octanol–water partition coefficient (Wildman–Crippen LogP) is 2.71. The molecule has 0 amide bonds. The first-order valence-electron chi connectivity index (χ1n) is 4.86. The molecule has 0 saturated heterocycles. The van der Waals surface area contributed by atoms with Crippen LogP contribution < -0.4 is 5.19 Å². The van der Waals surface area contributed by atoms with Gasteiger partial charge in [0.1, 0.15) is 5.76 Å². The highest BCUT2D eigenvalue weighted by molar-refractivity contribution is 6.88. The topological polar surface area (TPSA) is 33.1 Å². The van der Waals surface area contributed by atoms with Gasteiger partial charge in [-0.15, -0.1) is 0 Å². The number of pyridine rings is 1. The van der Waals surface area contributed by atoms with Gasteiger partial charge in [0, 0.05) is 11.8 Å². The molecule has 3 heteroatoms. The summed E-state index contributed by atoms with van der Waals surface area (Å²) >= 11 is 0. The van der Waals surface area contributed by atoms with E-state index in [1.54, 1.807) is 0 Å². The van der Waals surface area contributed by atoms with E-state index >= 15 is 0 Å². The Morgan fingerprint density at radius 2 is 1.87 bits per heavy atom. The van der Waals surface area contributed by atoms with Gasteiger partial charge in [0.2, 0.25) is 0 Å². The fourth-order valence-corrected chi connectivity index (χ4v) is 2.20. The fraction of sp³-hybridized carbons (Fsp3) is 0.250. The van der Waals surface area contributed by atoms with E-state index in [9.17, 15) is 5.11 Å². The Hall–Kier alpha value is -1.35. The Bertz CT molecular complexity index is 387. The van der Waals surface area contributed by atoms with Crippen molar-refractivity contribution >= 4 is 18.8 Å². The molecule has 0 aliphatic rings. The van der Waals surface area contributed by atoms with Crippen LogP contribution in [0.5, 0.6) is 0 Å². The summed E-state index contributed by atoms with van der Waals surface area (Å²) in [6, 6.07) is 3.94. The second-order valence-electron chi connectivity index (χ2n) is 4.61. The van der Waals surface area contributed by atoms with Gasteiger partial charge in [-0.05, 0) is 11.3 Å². The fourth-order valence-electron chi connectivity index (χ4n) is 1.16. The van der Waals surface area contributed by atoms with E-state index in [-0.39, 0.29) is 5.76 Å². The lowest BCUT2D eigenvalue weighted by Crippen LogP contribution is -2.37. The molecule has 0 unspecified atom stereocenters. The van der Waals surface area contributed by atoms with Gasteiger partial charge in [0.05, 0.1) is 13.8 Å². The van der Waals surface area contributed by atoms with Crippen LogP contribution in [0.2, 0.25) is 19.6 Å². The van der Waals surface area contributed by atoms with Crippen LogP contribution in [-0.2, 0) is 0 Å². The number of allylic oxidation sites excluding steroid dienone is 1. The van der Waals surface area contributed by atoms with Crippen LogP contribution in [0.3, 0.4) is 0 Å². The second-order valence-corrected chi connectivity index (χ2v) is 9.68. The van der Waals surface area contributed by atoms with Crippen molar-refractivity contribution in [3.05, 3.63) is 42.9 Å². The molecule has 0 fully saturated rings. The van der Waals surface area contributed by atoms with Crippen molar-refractivity contribution in [2.75, 3.05) is 0 Å². The quantitative estimate of drug-likeness (QED) is 0.482. The lowest BCUT2D eigenvalue weighted by molar-refractivity contribution is 0.440. The minimum atomic E-state index is -1.30. The highest BCUT2D eigenvalue weighted by Crippen LogP contribution is 2.14. The Labute approximate surface area is 92.0 Å². The molecule has 0 atom stereocenters. The maximum atomic E-state index is 9.18. The highest BCUT2D eigenvalue weighted by atomic mass is 28.3. The molecule has 80 valence electrons. The molecule has 1 aromatic rings. The molecular formula is C12H17NOSi. The van der Waals surface area contributed by atoms with Crippen LogP contribution in [0.15, 0.2) is 37.2 Å². The lowest BCUT2D eigenvalue weighted by Gasteiger charge is -2.16. The SMILES string of the molecule is C=C(O)C(=C)c1ccc([Si](C)(C)C)cn1. The van der Waals surface area contributed by atoms with Gasteiger partial charge in [0.25, 0.3) is 0 Å². The zero-order chi connectivity index (χ0) is 11.6. The Morgan fingerprint density at radius 3 is 2.20 bits per heavy atom. The van der Waals surface area contributed by atoms with Crippen molar-refractivity contribution in [1.82, 2.24) is 4.98 Å². The van der Waals surface area contributed by atoms with Gasteiger partial charge in [0.15, 0.2) is 0 Å². The monoisotopic (exact) mass is 219 g/mol. The Morgan fingerprint density at radius 1 is 1.27 bits per heavy atom. The van der Waals surface area contributed by atoms with Crippen LogP contribution in [0.1, 0.15) is 5.69 Å². The number of aliphatic hydroxyl groups is 1. The zero-order valence-corrected chi connectivity index (χ0v) is 10.5. The third-order valence-electron chi connectivity index (χ3n) is 2.29. The summed E-state index contributed by atoms with van der Waals surface area (Å²) in [6.07, 6.45) is 1.87. The van der Waals surface area contributed by atoms with E-state index < -0.39 is 8.07 Å².